The highest BCUT2D eigenvalue weighted by atomic mass is 16.5. The van der Waals surface area contributed by atoms with E-state index in [-0.39, 0.29) is 42.4 Å². The molecule has 2 bridgehead atoms. The van der Waals surface area contributed by atoms with Crippen LogP contribution in [0.3, 0.4) is 0 Å². The molecule has 0 aromatic heterocycles. The molecule has 0 aliphatic carbocycles. The van der Waals surface area contributed by atoms with Gasteiger partial charge in [0, 0.05) is 18.7 Å². The first-order valence-electron chi connectivity index (χ1n) is 13.1. The number of ether oxygens (including phenoxy) is 2. The number of carbonyl (C=O) groups excluding carboxylic acids is 2. The average Bonchev–Trinajstić information content (AvgIpc) is 3.17. The number of nitrogens with one attached hydrogen (secondary N) is 1. The van der Waals surface area contributed by atoms with Gasteiger partial charge in [0.1, 0.15) is 5.75 Å². The van der Waals surface area contributed by atoms with E-state index in [0.29, 0.717) is 31.8 Å². The summed E-state index contributed by atoms with van der Waals surface area (Å²) in [6, 6.07) is 11.8. The van der Waals surface area contributed by atoms with Crippen molar-refractivity contribution in [3.05, 3.63) is 64.7 Å². The highest BCUT2D eigenvalue weighted by Crippen LogP contribution is 2.32. The summed E-state index contributed by atoms with van der Waals surface area (Å²) in [5.74, 6) is -0.295. The third kappa shape index (κ3) is 5.06. The Morgan fingerprint density at radius 2 is 1.82 bits per heavy atom. The number of aliphatic hydroxyl groups excluding tert-OH is 1. The van der Waals surface area contributed by atoms with Crippen molar-refractivity contribution in [2.24, 2.45) is 0 Å². The van der Waals surface area contributed by atoms with Crippen LogP contribution < -0.4 is 10.1 Å². The Kier molecular flexibility index (Phi) is 7.53. The lowest BCUT2D eigenvalue weighted by Gasteiger charge is -2.37. The van der Waals surface area contributed by atoms with Gasteiger partial charge in [-0.25, -0.2) is 4.79 Å². The number of amides is 3. The van der Waals surface area contributed by atoms with Crippen molar-refractivity contribution < 1.29 is 34.1 Å². The number of benzene rings is 2. The van der Waals surface area contributed by atoms with Crippen molar-refractivity contribution in [2.45, 2.75) is 57.0 Å². The molecule has 0 spiro atoms. The minimum absolute atomic E-state index is 0.0679. The van der Waals surface area contributed by atoms with E-state index < -0.39 is 24.1 Å². The third-order valence-electron chi connectivity index (χ3n) is 7.70. The van der Waals surface area contributed by atoms with Crippen molar-refractivity contribution in [2.75, 3.05) is 26.4 Å². The van der Waals surface area contributed by atoms with Crippen molar-refractivity contribution in [3.63, 3.8) is 0 Å². The Morgan fingerprint density at radius 1 is 1.11 bits per heavy atom. The molecule has 2 fully saturated rings. The van der Waals surface area contributed by atoms with Crippen molar-refractivity contribution in [3.8, 4) is 5.75 Å². The van der Waals surface area contributed by atoms with Crippen LogP contribution in [0.4, 0.5) is 4.79 Å². The quantitative estimate of drug-likeness (QED) is 0.508. The SMILES string of the molecule is CCOc1cc(C(=O)N2C3CCC2COC3)ccc1C(=O)NC[C@H](O)C1Cc2ccccc2CN1C(=O)O. The molecule has 3 aliphatic heterocycles. The number of rotatable bonds is 7. The van der Waals surface area contributed by atoms with Gasteiger partial charge in [0.25, 0.3) is 11.8 Å². The van der Waals surface area contributed by atoms with Crippen LogP contribution in [-0.2, 0) is 17.7 Å². The van der Waals surface area contributed by atoms with Crippen LogP contribution >= 0.6 is 0 Å². The highest BCUT2D eigenvalue weighted by molar-refractivity contribution is 6.00. The van der Waals surface area contributed by atoms with Crippen molar-refractivity contribution in [1.82, 2.24) is 15.1 Å². The minimum atomic E-state index is -1.12. The molecule has 5 rings (SSSR count). The number of carbonyl (C=O) groups is 3. The van der Waals surface area contributed by atoms with E-state index in [9.17, 15) is 24.6 Å². The monoisotopic (exact) mass is 523 g/mol. The van der Waals surface area contributed by atoms with Gasteiger partial charge in [-0.1, -0.05) is 24.3 Å². The molecule has 0 saturated carbocycles. The van der Waals surface area contributed by atoms with Gasteiger partial charge in [-0.3, -0.25) is 14.5 Å². The van der Waals surface area contributed by atoms with Crippen molar-refractivity contribution >= 4 is 17.9 Å². The topological polar surface area (TPSA) is 129 Å². The zero-order chi connectivity index (χ0) is 26.8. The van der Waals surface area contributed by atoms with Gasteiger partial charge < -0.3 is 29.9 Å². The van der Waals surface area contributed by atoms with Crippen LogP contribution in [0.5, 0.6) is 5.75 Å². The summed E-state index contributed by atoms with van der Waals surface area (Å²) in [6.07, 6.45) is -0.0456. The van der Waals surface area contributed by atoms with Crippen LogP contribution in [0, 0.1) is 0 Å². The van der Waals surface area contributed by atoms with Gasteiger partial charge in [-0.05, 0) is 55.5 Å². The van der Waals surface area contributed by atoms with E-state index in [2.05, 4.69) is 5.32 Å². The first-order chi connectivity index (χ1) is 18.4. The van der Waals surface area contributed by atoms with Gasteiger partial charge in [0.15, 0.2) is 0 Å². The zero-order valence-corrected chi connectivity index (χ0v) is 21.3. The molecule has 3 N–H and O–H groups in total. The lowest BCUT2D eigenvalue weighted by Crippen LogP contribution is -2.53. The molecule has 3 unspecified atom stereocenters. The van der Waals surface area contributed by atoms with Crippen LogP contribution in [0.1, 0.15) is 51.6 Å². The number of hydrogen-bond acceptors (Lipinski definition) is 6. The summed E-state index contributed by atoms with van der Waals surface area (Å²) < 4.78 is 11.3. The molecular formula is C28H33N3O7. The van der Waals surface area contributed by atoms with E-state index in [1.165, 1.54) is 4.90 Å². The molecule has 202 valence electrons. The maximum atomic E-state index is 13.3. The van der Waals surface area contributed by atoms with Crippen molar-refractivity contribution in [1.29, 1.82) is 0 Å². The number of nitrogens with zero attached hydrogens (tertiary/aromatic N) is 2. The molecule has 3 amide bonds. The molecule has 3 aliphatic rings. The summed E-state index contributed by atoms with van der Waals surface area (Å²) in [5.41, 5.74) is 2.57. The molecule has 10 heteroatoms. The summed E-state index contributed by atoms with van der Waals surface area (Å²) in [5, 5.41) is 23.3. The Labute approximate surface area is 221 Å². The molecule has 2 saturated heterocycles. The predicted octanol–water partition coefficient (Wildman–Crippen LogP) is 2.28. The number of aliphatic hydroxyl groups is 1. The van der Waals surface area contributed by atoms with E-state index in [1.54, 1.807) is 25.1 Å². The van der Waals surface area contributed by atoms with E-state index >= 15 is 0 Å². The van der Waals surface area contributed by atoms with Gasteiger partial charge in [0.2, 0.25) is 0 Å². The summed E-state index contributed by atoms with van der Waals surface area (Å²) in [4.78, 5) is 41.4. The molecule has 2 aromatic carbocycles. The fourth-order valence-corrected chi connectivity index (χ4v) is 5.76. The van der Waals surface area contributed by atoms with Crippen LogP contribution in [0.15, 0.2) is 42.5 Å². The largest absolute Gasteiger partial charge is 0.493 e. The third-order valence-corrected chi connectivity index (χ3v) is 7.70. The summed E-state index contributed by atoms with van der Waals surface area (Å²) >= 11 is 0. The van der Waals surface area contributed by atoms with Crippen LogP contribution in [0.25, 0.3) is 0 Å². The average molecular weight is 524 g/mol. The normalized spacial score (nSPS) is 22.9. The molecular weight excluding hydrogens is 490 g/mol. The van der Waals surface area contributed by atoms with E-state index in [4.69, 9.17) is 9.47 Å². The minimum Gasteiger partial charge on any atom is -0.493 e. The predicted molar refractivity (Wildman–Crippen MR) is 137 cm³/mol. The molecule has 10 nitrogen and oxygen atoms in total. The van der Waals surface area contributed by atoms with E-state index in [1.807, 2.05) is 29.2 Å². The Morgan fingerprint density at radius 3 is 2.50 bits per heavy atom. The Hall–Kier alpha value is -3.63. The first kappa shape index (κ1) is 26.0. The molecule has 4 atom stereocenters. The zero-order valence-electron chi connectivity index (χ0n) is 21.3. The van der Waals surface area contributed by atoms with Gasteiger partial charge >= 0.3 is 6.09 Å². The summed E-state index contributed by atoms with van der Waals surface area (Å²) in [6.45, 7) is 3.21. The molecule has 2 aromatic rings. The second kappa shape index (κ2) is 11.0. The number of hydrogen-bond donors (Lipinski definition) is 3. The standard InChI is InChI=1S/C28H33N3O7/c1-2-38-25-12-18(27(34)31-20-8-9-21(31)16-37-15-20)7-10-22(25)26(33)29-13-24(32)23-11-17-5-3-4-6-19(17)14-30(23)28(35)36/h3-7,10,12,20-21,23-24,32H,2,8-9,11,13-16H2,1H3,(H,29,33)(H,35,36)/t20?,21?,23?,24-/m0/s1. The second-order valence-corrected chi connectivity index (χ2v) is 10.0. The maximum absolute atomic E-state index is 13.3. The summed E-state index contributed by atoms with van der Waals surface area (Å²) in [7, 11) is 0. The smallest absolute Gasteiger partial charge is 0.407 e. The number of carboxylic acid groups (broad SMARTS) is 1. The lowest BCUT2D eigenvalue weighted by molar-refractivity contribution is -0.00717. The fraction of sp³-hybridized carbons (Fsp3) is 0.464. The molecule has 38 heavy (non-hydrogen) atoms. The van der Waals surface area contributed by atoms with Crippen LogP contribution in [-0.4, -0.2) is 88.5 Å². The fourth-order valence-electron chi connectivity index (χ4n) is 5.76. The maximum Gasteiger partial charge on any atom is 0.407 e. The number of fused-ring (bicyclic) bond motifs is 3. The number of morpholine rings is 1. The molecule has 3 heterocycles. The Bertz CT molecular complexity index is 1200. The highest BCUT2D eigenvalue weighted by Gasteiger charge is 2.41. The first-order valence-corrected chi connectivity index (χ1v) is 13.1. The van der Waals surface area contributed by atoms with Gasteiger partial charge in [-0.15, -0.1) is 0 Å². The Balaban J connectivity index is 1.28. The second-order valence-electron chi connectivity index (χ2n) is 10.0. The van der Waals surface area contributed by atoms with Crippen LogP contribution in [0.2, 0.25) is 0 Å². The van der Waals surface area contributed by atoms with Gasteiger partial charge in [0.05, 0.1) is 49.6 Å². The molecule has 0 radical (unpaired) electrons. The van der Waals surface area contributed by atoms with Gasteiger partial charge in [-0.2, -0.15) is 0 Å². The lowest BCUT2D eigenvalue weighted by atomic mass is 9.91. The van der Waals surface area contributed by atoms with E-state index in [0.717, 1.165) is 24.0 Å².